The molecule has 3 heteroatoms. The van der Waals surface area contributed by atoms with E-state index in [1.807, 2.05) is 0 Å². The van der Waals surface area contributed by atoms with Crippen LogP contribution >= 0.6 is 0 Å². The summed E-state index contributed by atoms with van der Waals surface area (Å²) in [5.41, 5.74) is 1.13. The normalized spacial score (nSPS) is 15.4. The van der Waals surface area contributed by atoms with Crippen LogP contribution in [-0.2, 0) is 6.54 Å². The summed E-state index contributed by atoms with van der Waals surface area (Å²) in [7, 11) is 0. The van der Waals surface area contributed by atoms with E-state index in [1.54, 1.807) is 0 Å². The Labute approximate surface area is 110 Å². The molecule has 98 valence electrons. The molecule has 0 spiro atoms. The van der Waals surface area contributed by atoms with Gasteiger partial charge in [-0.05, 0) is 31.0 Å². The quantitative estimate of drug-likeness (QED) is 0.808. The van der Waals surface area contributed by atoms with Gasteiger partial charge in [0, 0.05) is 19.6 Å². The second kappa shape index (κ2) is 6.55. The molecule has 1 aliphatic heterocycles. The van der Waals surface area contributed by atoms with Gasteiger partial charge in [0.05, 0.1) is 5.69 Å². The Bertz CT molecular complexity index is 398. The average molecular weight is 245 g/mol. The average Bonchev–Trinajstić information content (AvgIpc) is 2.40. The van der Waals surface area contributed by atoms with Crippen LogP contribution in [0.2, 0.25) is 0 Å². The minimum Gasteiger partial charge on any atom is -0.353 e. The number of nitrogens with one attached hydrogen (secondary N) is 1. The molecule has 1 aromatic rings. The molecule has 1 N–H and O–H groups in total. The Morgan fingerprint density at radius 2 is 2.22 bits per heavy atom. The number of aromatic nitrogens is 1. The van der Waals surface area contributed by atoms with E-state index in [1.165, 1.54) is 0 Å². The van der Waals surface area contributed by atoms with Crippen LogP contribution in [0.3, 0.4) is 0 Å². The lowest BCUT2D eigenvalue weighted by Gasteiger charge is -2.24. The zero-order chi connectivity index (χ0) is 12.8. The summed E-state index contributed by atoms with van der Waals surface area (Å²) in [6.45, 7) is 8.39. The van der Waals surface area contributed by atoms with Crippen molar-refractivity contribution in [3.63, 3.8) is 0 Å². The Morgan fingerprint density at radius 1 is 1.33 bits per heavy atom. The predicted octanol–water partition coefficient (Wildman–Crippen LogP) is 2.59. The highest BCUT2D eigenvalue weighted by Crippen LogP contribution is 2.14. The summed E-state index contributed by atoms with van der Waals surface area (Å²) < 4.78 is 0. The van der Waals surface area contributed by atoms with Crippen LogP contribution in [0.1, 0.15) is 26.0 Å². The first-order valence-electron chi connectivity index (χ1n) is 6.82. The van der Waals surface area contributed by atoms with Gasteiger partial charge in [0.25, 0.3) is 0 Å². The molecule has 0 saturated carbocycles. The summed E-state index contributed by atoms with van der Waals surface area (Å²) in [4.78, 5) is 7.05. The molecule has 3 nitrogen and oxygen atoms in total. The van der Waals surface area contributed by atoms with Crippen LogP contribution in [-0.4, -0.2) is 24.6 Å². The molecule has 0 amide bonds. The van der Waals surface area contributed by atoms with Crippen LogP contribution in [0.25, 0.3) is 0 Å². The lowest BCUT2D eigenvalue weighted by atomic mass is 10.2. The van der Waals surface area contributed by atoms with Crippen molar-refractivity contribution >= 4 is 5.82 Å². The first-order chi connectivity index (χ1) is 8.75. The van der Waals surface area contributed by atoms with Crippen molar-refractivity contribution in [1.29, 1.82) is 0 Å². The zero-order valence-electron chi connectivity index (χ0n) is 11.4. The van der Waals surface area contributed by atoms with E-state index in [2.05, 4.69) is 54.4 Å². The van der Waals surface area contributed by atoms with Gasteiger partial charge in [-0.15, -0.1) is 0 Å². The van der Waals surface area contributed by atoms with Gasteiger partial charge in [-0.3, -0.25) is 0 Å². The number of pyridine rings is 1. The number of nitrogens with zero attached hydrogens (tertiary/aromatic N) is 2. The zero-order valence-corrected chi connectivity index (χ0v) is 11.4. The monoisotopic (exact) mass is 245 g/mol. The molecule has 2 rings (SSSR count). The molecule has 18 heavy (non-hydrogen) atoms. The molecule has 0 unspecified atom stereocenters. The largest absolute Gasteiger partial charge is 0.353 e. The highest BCUT2D eigenvalue weighted by Gasteiger charge is 2.08. The van der Waals surface area contributed by atoms with Gasteiger partial charge in [-0.25, -0.2) is 4.98 Å². The summed E-state index contributed by atoms with van der Waals surface area (Å²) >= 11 is 0. The summed E-state index contributed by atoms with van der Waals surface area (Å²) in [6, 6.07) is 6.30. The number of hydrogen-bond donors (Lipinski definition) is 1. The maximum absolute atomic E-state index is 4.72. The highest BCUT2D eigenvalue weighted by atomic mass is 15.2. The van der Waals surface area contributed by atoms with Crippen LogP contribution in [0.5, 0.6) is 0 Å². The second-order valence-electron chi connectivity index (χ2n) is 5.22. The lowest BCUT2D eigenvalue weighted by Crippen LogP contribution is -2.28. The second-order valence-corrected chi connectivity index (χ2v) is 5.22. The summed E-state index contributed by atoms with van der Waals surface area (Å²) in [5.74, 6) is 1.78. The van der Waals surface area contributed by atoms with Crippen molar-refractivity contribution in [2.45, 2.75) is 26.8 Å². The van der Waals surface area contributed by atoms with E-state index in [4.69, 9.17) is 4.98 Å². The predicted molar refractivity (Wildman–Crippen MR) is 76.8 cm³/mol. The Hall–Kier alpha value is -1.35. The van der Waals surface area contributed by atoms with Crippen molar-refractivity contribution in [2.75, 3.05) is 24.5 Å². The fourth-order valence-electron chi connectivity index (χ4n) is 2.08. The van der Waals surface area contributed by atoms with Crippen LogP contribution in [0.4, 0.5) is 5.82 Å². The van der Waals surface area contributed by atoms with Gasteiger partial charge >= 0.3 is 0 Å². The minimum atomic E-state index is 0.681. The molecule has 0 fully saturated rings. The molecule has 0 saturated heterocycles. The van der Waals surface area contributed by atoms with E-state index in [0.29, 0.717) is 5.92 Å². The van der Waals surface area contributed by atoms with Crippen LogP contribution in [0.15, 0.2) is 30.4 Å². The summed E-state index contributed by atoms with van der Waals surface area (Å²) in [6.07, 6.45) is 5.58. The molecule has 1 aromatic heterocycles. The van der Waals surface area contributed by atoms with E-state index in [9.17, 15) is 0 Å². The molecular formula is C15H23N3. The van der Waals surface area contributed by atoms with Gasteiger partial charge in [-0.2, -0.15) is 0 Å². The van der Waals surface area contributed by atoms with Gasteiger partial charge < -0.3 is 10.2 Å². The molecule has 0 aliphatic carbocycles. The van der Waals surface area contributed by atoms with Crippen molar-refractivity contribution in [3.05, 3.63) is 36.0 Å². The maximum atomic E-state index is 4.72. The third kappa shape index (κ3) is 3.84. The van der Waals surface area contributed by atoms with Crippen molar-refractivity contribution in [2.24, 2.45) is 5.92 Å². The number of anilines is 1. The standard InChI is InChI=1S/C15H23N3/c1-13(2)11-16-12-14-7-6-8-15(17-14)18-9-4-3-5-10-18/h3-4,6-8,13,16H,5,9-12H2,1-2H3. The van der Waals surface area contributed by atoms with Crippen molar-refractivity contribution in [3.8, 4) is 0 Å². The number of rotatable bonds is 5. The van der Waals surface area contributed by atoms with Crippen LogP contribution in [0, 0.1) is 5.92 Å². The Balaban J connectivity index is 1.94. The van der Waals surface area contributed by atoms with Gasteiger partial charge in [0.2, 0.25) is 0 Å². The molecule has 1 aliphatic rings. The van der Waals surface area contributed by atoms with Gasteiger partial charge in [-0.1, -0.05) is 32.1 Å². The SMILES string of the molecule is CC(C)CNCc1cccc(N2CC=CCC2)n1. The smallest absolute Gasteiger partial charge is 0.129 e. The maximum Gasteiger partial charge on any atom is 0.129 e. The molecular weight excluding hydrogens is 222 g/mol. The highest BCUT2D eigenvalue weighted by molar-refractivity contribution is 5.41. The van der Waals surface area contributed by atoms with Crippen molar-refractivity contribution in [1.82, 2.24) is 10.3 Å². The van der Waals surface area contributed by atoms with E-state index in [-0.39, 0.29) is 0 Å². The fraction of sp³-hybridized carbons (Fsp3) is 0.533. The molecule has 2 heterocycles. The molecule has 0 aromatic carbocycles. The first-order valence-corrected chi connectivity index (χ1v) is 6.82. The van der Waals surface area contributed by atoms with E-state index >= 15 is 0 Å². The van der Waals surface area contributed by atoms with E-state index < -0.39 is 0 Å². The van der Waals surface area contributed by atoms with Gasteiger partial charge in [0.1, 0.15) is 5.82 Å². The Morgan fingerprint density at radius 3 is 2.94 bits per heavy atom. The topological polar surface area (TPSA) is 28.2 Å². The fourth-order valence-corrected chi connectivity index (χ4v) is 2.08. The first kappa shape index (κ1) is 13.1. The van der Waals surface area contributed by atoms with Crippen LogP contribution < -0.4 is 10.2 Å². The molecule has 0 atom stereocenters. The lowest BCUT2D eigenvalue weighted by molar-refractivity contribution is 0.548. The Kier molecular flexibility index (Phi) is 4.76. The number of hydrogen-bond acceptors (Lipinski definition) is 3. The third-order valence-electron chi connectivity index (χ3n) is 3.03. The van der Waals surface area contributed by atoms with Gasteiger partial charge in [0.15, 0.2) is 0 Å². The molecule has 0 radical (unpaired) electrons. The summed E-state index contributed by atoms with van der Waals surface area (Å²) in [5, 5.41) is 3.44. The minimum absolute atomic E-state index is 0.681. The van der Waals surface area contributed by atoms with Crippen molar-refractivity contribution < 1.29 is 0 Å². The molecule has 0 bridgehead atoms. The van der Waals surface area contributed by atoms with E-state index in [0.717, 1.165) is 44.1 Å². The third-order valence-corrected chi connectivity index (χ3v) is 3.03.